The van der Waals surface area contributed by atoms with Gasteiger partial charge in [-0.05, 0) is 112 Å². The van der Waals surface area contributed by atoms with Crippen molar-refractivity contribution in [3.05, 3.63) is 212 Å². The van der Waals surface area contributed by atoms with Crippen LogP contribution in [0.2, 0.25) is 0 Å². The second-order valence-corrected chi connectivity index (χ2v) is 14.0. The van der Waals surface area contributed by atoms with E-state index in [1.165, 1.54) is 71.7 Å². The van der Waals surface area contributed by atoms with Crippen LogP contribution in [-0.4, -0.2) is 4.57 Å². The maximum Gasteiger partial charge on any atom is 0.0547 e. The molecule has 256 valence electrons. The largest absolute Gasteiger partial charge is 0.310 e. The number of hydrogen-bond donors (Lipinski definition) is 0. The number of aromatic nitrogens is 1. The van der Waals surface area contributed by atoms with Crippen molar-refractivity contribution in [3.8, 4) is 27.9 Å². The van der Waals surface area contributed by atoms with Gasteiger partial charge in [-0.25, -0.2) is 0 Å². The van der Waals surface area contributed by atoms with Gasteiger partial charge in [-0.3, -0.25) is 0 Å². The van der Waals surface area contributed by atoms with E-state index >= 15 is 0 Å². The first kappa shape index (κ1) is 31.8. The van der Waals surface area contributed by atoms with E-state index in [1.807, 2.05) is 0 Å². The van der Waals surface area contributed by atoms with E-state index in [1.54, 1.807) is 0 Å². The van der Waals surface area contributed by atoms with Crippen LogP contribution in [0.1, 0.15) is 18.4 Å². The van der Waals surface area contributed by atoms with Gasteiger partial charge in [-0.2, -0.15) is 0 Å². The molecular formula is C52H38N2. The zero-order valence-electron chi connectivity index (χ0n) is 29.9. The Bertz CT molecular complexity index is 2860. The third-order valence-electron chi connectivity index (χ3n) is 10.8. The van der Waals surface area contributed by atoms with Crippen molar-refractivity contribution in [1.29, 1.82) is 0 Å². The highest BCUT2D eigenvalue weighted by Crippen LogP contribution is 2.43. The van der Waals surface area contributed by atoms with Gasteiger partial charge in [0, 0.05) is 33.4 Å². The zero-order valence-corrected chi connectivity index (χ0v) is 29.9. The third kappa shape index (κ3) is 5.60. The molecular weight excluding hydrogens is 653 g/mol. The average Bonchev–Trinajstić information content (AvgIpc) is 3.60. The molecule has 0 bridgehead atoms. The monoisotopic (exact) mass is 690 g/mol. The van der Waals surface area contributed by atoms with Gasteiger partial charge < -0.3 is 9.47 Å². The Morgan fingerprint density at radius 2 is 1.17 bits per heavy atom. The van der Waals surface area contributed by atoms with Crippen LogP contribution in [0.4, 0.5) is 17.1 Å². The van der Waals surface area contributed by atoms with Crippen molar-refractivity contribution >= 4 is 55.2 Å². The van der Waals surface area contributed by atoms with Gasteiger partial charge >= 0.3 is 0 Å². The summed E-state index contributed by atoms with van der Waals surface area (Å²) in [5.74, 6) is 0. The Morgan fingerprint density at radius 1 is 0.444 bits per heavy atom. The molecule has 0 aliphatic heterocycles. The van der Waals surface area contributed by atoms with Crippen molar-refractivity contribution < 1.29 is 0 Å². The lowest BCUT2D eigenvalue weighted by Gasteiger charge is -2.28. The lowest BCUT2D eigenvalue weighted by atomic mass is 9.97. The van der Waals surface area contributed by atoms with E-state index in [2.05, 4.69) is 216 Å². The molecule has 0 amide bonds. The molecule has 8 aromatic carbocycles. The molecule has 1 aliphatic rings. The first-order valence-corrected chi connectivity index (χ1v) is 18.8. The number of anilines is 3. The van der Waals surface area contributed by atoms with Crippen LogP contribution < -0.4 is 4.90 Å². The summed E-state index contributed by atoms with van der Waals surface area (Å²) >= 11 is 0. The van der Waals surface area contributed by atoms with Gasteiger partial charge in [0.2, 0.25) is 0 Å². The molecule has 0 atom stereocenters. The lowest BCUT2D eigenvalue weighted by Crippen LogP contribution is -2.11. The van der Waals surface area contributed by atoms with Crippen molar-refractivity contribution in [2.24, 2.45) is 0 Å². The van der Waals surface area contributed by atoms with Gasteiger partial charge in [-0.15, -0.1) is 0 Å². The van der Waals surface area contributed by atoms with Crippen LogP contribution >= 0.6 is 0 Å². The van der Waals surface area contributed by atoms with Crippen LogP contribution in [0.25, 0.3) is 66.1 Å². The topological polar surface area (TPSA) is 8.17 Å². The van der Waals surface area contributed by atoms with Gasteiger partial charge in [-0.1, -0.05) is 146 Å². The summed E-state index contributed by atoms with van der Waals surface area (Å²) in [5.41, 5.74) is 14.3. The molecule has 0 fully saturated rings. The second-order valence-electron chi connectivity index (χ2n) is 14.0. The van der Waals surface area contributed by atoms with E-state index in [4.69, 9.17) is 0 Å². The van der Waals surface area contributed by atoms with Crippen LogP contribution in [0.5, 0.6) is 0 Å². The van der Waals surface area contributed by atoms with E-state index in [9.17, 15) is 0 Å². The lowest BCUT2D eigenvalue weighted by molar-refractivity contribution is 1.04. The maximum atomic E-state index is 2.41. The van der Waals surface area contributed by atoms with Crippen molar-refractivity contribution in [3.63, 3.8) is 0 Å². The summed E-state index contributed by atoms with van der Waals surface area (Å²) < 4.78 is 2.39. The Morgan fingerprint density at radius 3 is 2.00 bits per heavy atom. The molecule has 1 aliphatic carbocycles. The summed E-state index contributed by atoms with van der Waals surface area (Å²) in [6, 6.07) is 68.5. The molecule has 54 heavy (non-hydrogen) atoms. The molecule has 2 nitrogen and oxygen atoms in total. The van der Waals surface area contributed by atoms with E-state index < -0.39 is 0 Å². The highest BCUT2D eigenvalue weighted by atomic mass is 15.1. The number of nitrogens with zero attached hydrogens (tertiary/aromatic N) is 2. The molecule has 0 saturated heterocycles. The first-order chi connectivity index (χ1) is 26.8. The van der Waals surface area contributed by atoms with Crippen LogP contribution in [0, 0.1) is 0 Å². The number of hydrogen-bond acceptors (Lipinski definition) is 1. The summed E-state index contributed by atoms with van der Waals surface area (Å²) in [6.07, 6.45) is 9.07. The molecule has 2 heteroatoms. The summed E-state index contributed by atoms with van der Waals surface area (Å²) in [4.78, 5) is 2.41. The number of fused-ring (bicyclic) bond motifs is 5. The SMILES string of the molecule is C1=CC(c2ccc(N(c3cccc(-c4ccc5c(ccc6c5c5ccccc5n6-c5ccccc5)c4)c3)c3ccccc3-c3ccccc3)cc2)=CCC1. The van der Waals surface area contributed by atoms with Crippen LogP contribution in [0.15, 0.2) is 206 Å². The molecule has 1 aromatic heterocycles. The van der Waals surface area contributed by atoms with Gasteiger partial charge in [0.15, 0.2) is 0 Å². The van der Waals surface area contributed by atoms with E-state index in [-0.39, 0.29) is 0 Å². The van der Waals surface area contributed by atoms with E-state index in [0.717, 1.165) is 29.9 Å². The number of benzene rings is 8. The van der Waals surface area contributed by atoms with Gasteiger partial charge in [0.1, 0.15) is 0 Å². The fraction of sp³-hybridized carbons (Fsp3) is 0.0385. The standard InChI is InChI=1S/C52H38N2/c1-4-15-37(16-5-1)38-27-31-44(32-28-38)53(49-25-12-10-23-46(49)39-17-6-2-7-18-39)45-22-14-19-40(36-45)41-29-33-47-42(35-41)30-34-51-52(47)48-24-11-13-26-50(48)54(51)43-20-8-3-9-21-43/h2-4,6-36H,1,5H2. The Labute approximate surface area is 316 Å². The van der Waals surface area contributed by atoms with Crippen molar-refractivity contribution in [1.82, 2.24) is 4.57 Å². The fourth-order valence-corrected chi connectivity index (χ4v) is 8.24. The molecule has 0 spiro atoms. The van der Waals surface area contributed by atoms with E-state index in [0.29, 0.717) is 0 Å². The smallest absolute Gasteiger partial charge is 0.0547 e. The quantitative estimate of drug-likeness (QED) is 0.162. The number of rotatable bonds is 7. The fourth-order valence-electron chi connectivity index (χ4n) is 8.24. The normalized spacial score (nSPS) is 12.7. The highest BCUT2D eigenvalue weighted by molar-refractivity contribution is 6.21. The number of para-hydroxylation sites is 3. The Balaban J connectivity index is 1.10. The Hall–Kier alpha value is -6.90. The maximum absolute atomic E-state index is 2.41. The molecule has 0 saturated carbocycles. The van der Waals surface area contributed by atoms with Crippen molar-refractivity contribution in [2.45, 2.75) is 12.8 Å². The first-order valence-electron chi connectivity index (χ1n) is 18.8. The highest BCUT2D eigenvalue weighted by Gasteiger charge is 2.19. The molecule has 0 unspecified atom stereocenters. The zero-order chi connectivity index (χ0) is 35.8. The summed E-state index contributed by atoms with van der Waals surface area (Å²) in [5, 5.41) is 5.05. The second kappa shape index (κ2) is 13.6. The third-order valence-corrected chi connectivity index (χ3v) is 10.8. The van der Waals surface area contributed by atoms with Gasteiger partial charge in [0.25, 0.3) is 0 Å². The van der Waals surface area contributed by atoms with Gasteiger partial charge in [0.05, 0.1) is 16.7 Å². The number of allylic oxidation sites excluding steroid dienone is 4. The van der Waals surface area contributed by atoms with Crippen LogP contribution in [0.3, 0.4) is 0 Å². The minimum Gasteiger partial charge on any atom is -0.310 e. The minimum absolute atomic E-state index is 1.09. The predicted octanol–water partition coefficient (Wildman–Crippen LogP) is 14.5. The molecule has 0 N–H and O–H groups in total. The molecule has 1 heterocycles. The minimum atomic E-state index is 1.09. The predicted molar refractivity (Wildman–Crippen MR) is 230 cm³/mol. The van der Waals surface area contributed by atoms with Crippen LogP contribution in [-0.2, 0) is 0 Å². The molecule has 9 aromatic rings. The summed E-state index contributed by atoms with van der Waals surface area (Å²) in [7, 11) is 0. The molecule has 0 radical (unpaired) electrons. The summed E-state index contributed by atoms with van der Waals surface area (Å²) in [6.45, 7) is 0. The Kier molecular flexibility index (Phi) is 8.00. The average molecular weight is 691 g/mol. The molecule has 10 rings (SSSR count). The van der Waals surface area contributed by atoms with Crippen molar-refractivity contribution in [2.75, 3.05) is 4.90 Å².